The van der Waals surface area contributed by atoms with Crippen LogP contribution in [0.3, 0.4) is 0 Å². The highest BCUT2D eigenvalue weighted by molar-refractivity contribution is 5.53. The molecule has 0 amide bonds. The SMILES string of the molecule is CC1CN(Cc2cc(N)cc3c2OCOC3)CC1N(C)C. The first kappa shape index (κ1) is 14.6. The quantitative estimate of drug-likeness (QED) is 0.856. The number of anilines is 1. The van der Waals surface area contributed by atoms with Crippen molar-refractivity contribution >= 4 is 5.69 Å². The van der Waals surface area contributed by atoms with Crippen molar-refractivity contribution in [3.63, 3.8) is 0 Å². The standard InChI is InChI=1S/C16H25N3O2/c1-11-6-19(8-15(11)18(2)3)7-12-4-14(17)5-13-9-20-10-21-16(12)13/h4-5,11,15H,6-10,17H2,1-3H3. The van der Waals surface area contributed by atoms with Gasteiger partial charge in [0.15, 0.2) is 6.79 Å². The third-order valence-electron chi connectivity index (χ3n) is 4.51. The van der Waals surface area contributed by atoms with Crippen LogP contribution in [0, 0.1) is 5.92 Å². The van der Waals surface area contributed by atoms with Crippen LogP contribution in [0.15, 0.2) is 12.1 Å². The minimum absolute atomic E-state index is 0.334. The summed E-state index contributed by atoms with van der Waals surface area (Å²) >= 11 is 0. The smallest absolute Gasteiger partial charge is 0.189 e. The lowest BCUT2D eigenvalue weighted by atomic mass is 10.1. The van der Waals surface area contributed by atoms with Crippen LogP contribution < -0.4 is 10.5 Å². The molecule has 2 unspecified atom stereocenters. The number of ether oxygens (including phenoxy) is 2. The van der Waals surface area contributed by atoms with E-state index in [1.165, 1.54) is 5.56 Å². The number of fused-ring (bicyclic) bond motifs is 1. The topological polar surface area (TPSA) is 51.0 Å². The van der Waals surface area contributed by atoms with E-state index in [9.17, 15) is 0 Å². The third kappa shape index (κ3) is 3.00. The Bertz CT molecular complexity index is 518. The van der Waals surface area contributed by atoms with Crippen LogP contribution in [0.4, 0.5) is 5.69 Å². The van der Waals surface area contributed by atoms with Gasteiger partial charge >= 0.3 is 0 Å². The first-order valence-corrected chi connectivity index (χ1v) is 7.55. The van der Waals surface area contributed by atoms with Crippen LogP contribution in [0.5, 0.6) is 5.75 Å². The van der Waals surface area contributed by atoms with Gasteiger partial charge in [0.05, 0.1) is 6.61 Å². The van der Waals surface area contributed by atoms with Gasteiger partial charge in [0.1, 0.15) is 5.75 Å². The fourth-order valence-electron chi connectivity index (χ4n) is 3.53. The Morgan fingerprint density at radius 2 is 2.14 bits per heavy atom. The second-order valence-electron chi connectivity index (χ2n) is 6.48. The Morgan fingerprint density at radius 3 is 2.86 bits per heavy atom. The summed E-state index contributed by atoms with van der Waals surface area (Å²) in [7, 11) is 4.32. The molecule has 5 heteroatoms. The number of nitrogens with zero attached hydrogens (tertiary/aromatic N) is 2. The average Bonchev–Trinajstić information content (AvgIpc) is 2.79. The predicted octanol–water partition coefficient (Wildman–Crippen LogP) is 1.52. The molecule has 2 heterocycles. The molecule has 1 fully saturated rings. The molecule has 2 atom stereocenters. The van der Waals surface area contributed by atoms with E-state index in [-0.39, 0.29) is 0 Å². The highest BCUT2D eigenvalue weighted by Crippen LogP contribution is 2.33. The Kier molecular flexibility index (Phi) is 4.06. The van der Waals surface area contributed by atoms with Crippen molar-refractivity contribution in [2.75, 3.05) is 39.7 Å². The van der Waals surface area contributed by atoms with Crippen molar-refractivity contribution in [2.45, 2.75) is 26.1 Å². The van der Waals surface area contributed by atoms with Gasteiger partial charge in [0, 0.05) is 42.5 Å². The highest BCUT2D eigenvalue weighted by atomic mass is 16.7. The summed E-state index contributed by atoms with van der Waals surface area (Å²) in [6.45, 7) is 6.34. The monoisotopic (exact) mass is 291 g/mol. The fraction of sp³-hybridized carbons (Fsp3) is 0.625. The first-order chi connectivity index (χ1) is 10.0. The molecule has 0 bridgehead atoms. The van der Waals surface area contributed by atoms with Gasteiger partial charge in [-0.25, -0.2) is 0 Å². The highest BCUT2D eigenvalue weighted by Gasteiger charge is 2.31. The summed E-state index contributed by atoms with van der Waals surface area (Å²) in [6.07, 6.45) is 0. The van der Waals surface area contributed by atoms with Gasteiger partial charge in [-0.3, -0.25) is 4.90 Å². The van der Waals surface area contributed by atoms with Gasteiger partial charge in [0.25, 0.3) is 0 Å². The molecule has 1 aromatic carbocycles. The molecule has 21 heavy (non-hydrogen) atoms. The number of hydrogen-bond donors (Lipinski definition) is 1. The summed E-state index contributed by atoms with van der Waals surface area (Å²) < 4.78 is 11.0. The Labute approximate surface area is 126 Å². The number of benzene rings is 1. The molecule has 1 aromatic rings. The van der Waals surface area contributed by atoms with E-state index in [2.05, 4.69) is 30.8 Å². The molecule has 0 saturated carbocycles. The van der Waals surface area contributed by atoms with Crippen LogP contribution in [0.2, 0.25) is 0 Å². The van der Waals surface area contributed by atoms with Crippen molar-refractivity contribution in [3.8, 4) is 5.75 Å². The lowest BCUT2D eigenvalue weighted by molar-refractivity contribution is -0.0173. The Hall–Kier alpha value is -1.30. The molecule has 5 nitrogen and oxygen atoms in total. The maximum absolute atomic E-state index is 6.02. The van der Waals surface area contributed by atoms with Gasteiger partial charge in [-0.05, 0) is 32.1 Å². The molecular weight excluding hydrogens is 266 g/mol. The molecule has 0 spiro atoms. The number of likely N-dealkylation sites (N-methyl/N-ethyl adjacent to an activating group) is 1. The van der Waals surface area contributed by atoms with Crippen LogP contribution in [0.1, 0.15) is 18.1 Å². The maximum atomic E-state index is 6.02. The molecule has 2 aliphatic heterocycles. The van der Waals surface area contributed by atoms with Gasteiger partial charge in [0.2, 0.25) is 0 Å². The van der Waals surface area contributed by atoms with Crippen molar-refractivity contribution in [2.24, 2.45) is 5.92 Å². The van der Waals surface area contributed by atoms with E-state index >= 15 is 0 Å². The van der Waals surface area contributed by atoms with E-state index in [4.69, 9.17) is 15.2 Å². The molecule has 2 aliphatic rings. The van der Waals surface area contributed by atoms with Crippen LogP contribution in [-0.4, -0.2) is 49.8 Å². The predicted molar refractivity (Wildman–Crippen MR) is 83.1 cm³/mol. The van der Waals surface area contributed by atoms with E-state index < -0.39 is 0 Å². The summed E-state index contributed by atoms with van der Waals surface area (Å²) in [5.74, 6) is 1.65. The first-order valence-electron chi connectivity index (χ1n) is 7.55. The second-order valence-corrected chi connectivity index (χ2v) is 6.48. The Morgan fingerprint density at radius 1 is 1.33 bits per heavy atom. The fourth-order valence-corrected chi connectivity index (χ4v) is 3.53. The number of hydrogen-bond acceptors (Lipinski definition) is 5. The van der Waals surface area contributed by atoms with Crippen LogP contribution in [-0.2, 0) is 17.9 Å². The number of nitrogens with two attached hydrogens (primary N) is 1. The van der Waals surface area contributed by atoms with Crippen molar-refractivity contribution < 1.29 is 9.47 Å². The van der Waals surface area contributed by atoms with Crippen molar-refractivity contribution in [1.82, 2.24) is 9.80 Å². The molecule has 1 saturated heterocycles. The van der Waals surface area contributed by atoms with Crippen LogP contribution >= 0.6 is 0 Å². The largest absolute Gasteiger partial charge is 0.467 e. The van der Waals surface area contributed by atoms with Gasteiger partial charge in [-0.15, -0.1) is 0 Å². The summed E-state index contributed by atoms with van der Waals surface area (Å²) in [4.78, 5) is 4.81. The lowest BCUT2D eigenvalue weighted by Crippen LogP contribution is -2.34. The molecule has 0 aromatic heterocycles. The summed E-state index contributed by atoms with van der Waals surface area (Å²) in [5, 5.41) is 0. The summed E-state index contributed by atoms with van der Waals surface area (Å²) in [6, 6.07) is 4.61. The van der Waals surface area contributed by atoms with Gasteiger partial charge < -0.3 is 20.1 Å². The molecule has 0 radical (unpaired) electrons. The third-order valence-corrected chi connectivity index (χ3v) is 4.51. The maximum Gasteiger partial charge on any atom is 0.189 e. The number of rotatable bonds is 3. The lowest BCUT2D eigenvalue weighted by Gasteiger charge is -2.25. The minimum Gasteiger partial charge on any atom is -0.467 e. The molecule has 0 aliphatic carbocycles. The van der Waals surface area contributed by atoms with Crippen molar-refractivity contribution in [1.29, 1.82) is 0 Å². The number of likely N-dealkylation sites (tertiary alicyclic amines) is 1. The molecule has 2 N–H and O–H groups in total. The normalized spacial score (nSPS) is 25.9. The van der Waals surface area contributed by atoms with E-state index in [0.29, 0.717) is 25.4 Å². The molecular formula is C16H25N3O2. The van der Waals surface area contributed by atoms with E-state index in [1.807, 2.05) is 12.1 Å². The zero-order valence-corrected chi connectivity index (χ0v) is 13.1. The summed E-state index contributed by atoms with van der Waals surface area (Å²) in [5.41, 5.74) is 9.05. The van der Waals surface area contributed by atoms with Crippen molar-refractivity contribution in [3.05, 3.63) is 23.3 Å². The number of nitrogen functional groups attached to an aromatic ring is 1. The second kappa shape index (κ2) is 5.83. The zero-order chi connectivity index (χ0) is 15.0. The van der Waals surface area contributed by atoms with Crippen LogP contribution in [0.25, 0.3) is 0 Å². The average molecular weight is 291 g/mol. The molecule has 116 valence electrons. The minimum atomic E-state index is 0.334. The zero-order valence-electron chi connectivity index (χ0n) is 13.1. The van der Waals surface area contributed by atoms with Gasteiger partial charge in [-0.2, -0.15) is 0 Å². The Balaban J connectivity index is 1.78. The molecule has 3 rings (SSSR count). The van der Waals surface area contributed by atoms with E-state index in [0.717, 1.165) is 36.6 Å². The van der Waals surface area contributed by atoms with Gasteiger partial charge in [-0.1, -0.05) is 6.92 Å². The van der Waals surface area contributed by atoms with E-state index in [1.54, 1.807) is 0 Å².